The molecule has 0 amide bonds. The van der Waals surface area contributed by atoms with E-state index in [9.17, 15) is 0 Å². The van der Waals surface area contributed by atoms with Gasteiger partial charge in [0, 0.05) is 31.6 Å². The standard InChI is InChI=1S/C13H22N4O/c1-10-15-11(14-4)7-12(16-10)17-5-6-18-9-13(2,3)8-17/h7H,5-6,8-9H2,1-4H3,(H,14,15,16). The van der Waals surface area contributed by atoms with E-state index in [1.54, 1.807) is 0 Å². The third kappa shape index (κ3) is 3.10. The zero-order valence-electron chi connectivity index (χ0n) is 11.7. The largest absolute Gasteiger partial charge is 0.379 e. The Morgan fingerprint density at radius 2 is 2.17 bits per heavy atom. The molecule has 5 heteroatoms. The van der Waals surface area contributed by atoms with Crippen molar-refractivity contribution in [1.82, 2.24) is 9.97 Å². The molecular weight excluding hydrogens is 228 g/mol. The first-order valence-corrected chi connectivity index (χ1v) is 6.36. The van der Waals surface area contributed by atoms with E-state index in [1.165, 1.54) is 0 Å². The summed E-state index contributed by atoms with van der Waals surface area (Å²) in [5, 5.41) is 3.07. The van der Waals surface area contributed by atoms with Crippen LogP contribution in [0.5, 0.6) is 0 Å². The summed E-state index contributed by atoms with van der Waals surface area (Å²) in [6.45, 7) is 9.74. The monoisotopic (exact) mass is 250 g/mol. The van der Waals surface area contributed by atoms with E-state index in [2.05, 4.69) is 34.0 Å². The number of nitrogens with one attached hydrogen (secondary N) is 1. The highest BCUT2D eigenvalue weighted by molar-refractivity contribution is 5.49. The van der Waals surface area contributed by atoms with Crippen LogP contribution in [0.2, 0.25) is 0 Å². The first-order chi connectivity index (χ1) is 8.50. The topological polar surface area (TPSA) is 50.3 Å². The molecular formula is C13H22N4O. The fourth-order valence-electron chi connectivity index (χ4n) is 2.20. The summed E-state index contributed by atoms with van der Waals surface area (Å²) >= 11 is 0. The lowest BCUT2D eigenvalue weighted by Gasteiger charge is -2.29. The molecule has 2 rings (SSSR count). The minimum absolute atomic E-state index is 0.148. The van der Waals surface area contributed by atoms with E-state index in [0.717, 1.165) is 43.8 Å². The van der Waals surface area contributed by atoms with Gasteiger partial charge in [0.05, 0.1) is 13.2 Å². The number of rotatable bonds is 2. The van der Waals surface area contributed by atoms with Crippen LogP contribution in [-0.2, 0) is 4.74 Å². The van der Waals surface area contributed by atoms with E-state index in [-0.39, 0.29) is 5.41 Å². The van der Waals surface area contributed by atoms with Crippen LogP contribution >= 0.6 is 0 Å². The Kier molecular flexibility index (Phi) is 3.71. The van der Waals surface area contributed by atoms with E-state index in [0.29, 0.717) is 0 Å². The highest BCUT2D eigenvalue weighted by atomic mass is 16.5. The normalized spacial score (nSPS) is 19.4. The number of ether oxygens (including phenoxy) is 1. The fraction of sp³-hybridized carbons (Fsp3) is 0.692. The number of aryl methyl sites for hydroxylation is 1. The van der Waals surface area contributed by atoms with Gasteiger partial charge in [-0.1, -0.05) is 13.8 Å². The zero-order chi connectivity index (χ0) is 13.2. The van der Waals surface area contributed by atoms with Gasteiger partial charge in [-0.2, -0.15) is 0 Å². The van der Waals surface area contributed by atoms with Crippen molar-refractivity contribution in [2.24, 2.45) is 5.41 Å². The van der Waals surface area contributed by atoms with E-state index in [1.807, 2.05) is 20.0 Å². The second-order valence-corrected chi connectivity index (χ2v) is 5.55. The minimum Gasteiger partial charge on any atom is -0.379 e. The van der Waals surface area contributed by atoms with Crippen molar-refractivity contribution in [3.05, 3.63) is 11.9 Å². The quantitative estimate of drug-likeness (QED) is 0.865. The third-order valence-corrected chi connectivity index (χ3v) is 3.02. The Morgan fingerprint density at radius 1 is 1.39 bits per heavy atom. The summed E-state index contributed by atoms with van der Waals surface area (Å²) in [6.07, 6.45) is 0. The van der Waals surface area contributed by atoms with Crippen molar-refractivity contribution in [3.8, 4) is 0 Å². The Balaban J connectivity index is 2.26. The summed E-state index contributed by atoms with van der Waals surface area (Å²) in [4.78, 5) is 11.1. The number of nitrogens with zero attached hydrogens (tertiary/aromatic N) is 3. The van der Waals surface area contributed by atoms with Gasteiger partial charge in [-0.05, 0) is 6.92 Å². The SMILES string of the molecule is CNc1cc(N2CCOCC(C)(C)C2)nc(C)n1. The van der Waals surface area contributed by atoms with Crippen LogP contribution in [0.3, 0.4) is 0 Å². The first kappa shape index (κ1) is 13.1. The van der Waals surface area contributed by atoms with Gasteiger partial charge in [0.25, 0.3) is 0 Å². The van der Waals surface area contributed by atoms with Gasteiger partial charge in [-0.3, -0.25) is 0 Å². The van der Waals surface area contributed by atoms with Crippen LogP contribution in [-0.4, -0.2) is 43.3 Å². The molecule has 2 heterocycles. The first-order valence-electron chi connectivity index (χ1n) is 6.36. The fourth-order valence-corrected chi connectivity index (χ4v) is 2.20. The number of anilines is 2. The molecule has 1 fully saturated rings. The second-order valence-electron chi connectivity index (χ2n) is 5.55. The average molecular weight is 250 g/mol. The maximum Gasteiger partial charge on any atom is 0.134 e. The van der Waals surface area contributed by atoms with Gasteiger partial charge in [0.1, 0.15) is 17.5 Å². The van der Waals surface area contributed by atoms with Crippen LogP contribution in [0.15, 0.2) is 6.07 Å². The summed E-state index contributed by atoms with van der Waals surface area (Å²) in [5.74, 6) is 2.63. The van der Waals surface area contributed by atoms with Crippen molar-refractivity contribution in [3.63, 3.8) is 0 Å². The number of aromatic nitrogens is 2. The molecule has 0 atom stereocenters. The van der Waals surface area contributed by atoms with Crippen molar-refractivity contribution in [1.29, 1.82) is 0 Å². The molecule has 1 saturated heterocycles. The Bertz CT molecular complexity index is 419. The van der Waals surface area contributed by atoms with Gasteiger partial charge in [-0.25, -0.2) is 9.97 Å². The molecule has 1 aromatic rings. The highest BCUT2D eigenvalue weighted by Crippen LogP contribution is 2.24. The Hall–Kier alpha value is -1.36. The summed E-state index contributed by atoms with van der Waals surface area (Å²) in [6, 6.07) is 1.99. The number of hydrogen-bond donors (Lipinski definition) is 1. The average Bonchev–Trinajstić information content (AvgIpc) is 2.49. The minimum atomic E-state index is 0.148. The lowest BCUT2D eigenvalue weighted by atomic mass is 9.94. The molecule has 18 heavy (non-hydrogen) atoms. The maximum absolute atomic E-state index is 5.65. The van der Waals surface area contributed by atoms with E-state index < -0.39 is 0 Å². The van der Waals surface area contributed by atoms with Gasteiger partial charge >= 0.3 is 0 Å². The molecule has 0 bridgehead atoms. The van der Waals surface area contributed by atoms with Crippen LogP contribution in [0, 0.1) is 12.3 Å². The molecule has 0 radical (unpaired) electrons. The molecule has 1 N–H and O–H groups in total. The molecule has 1 aromatic heterocycles. The maximum atomic E-state index is 5.65. The van der Waals surface area contributed by atoms with Crippen molar-refractivity contribution in [2.75, 3.05) is 43.6 Å². The molecule has 0 aromatic carbocycles. The smallest absolute Gasteiger partial charge is 0.134 e. The van der Waals surface area contributed by atoms with Crippen LogP contribution in [0.4, 0.5) is 11.6 Å². The second kappa shape index (κ2) is 5.10. The molecule has 100 valence electrons. The molecule has 0 spiro atoms. The predicted octanol–water partition coefficient (Wildman–Crippen LogP) is 1.69. The van der Waals surface area contributed by atoms with Gasteiger partial charge in [0.15, 0.2) is 0 Å². The van der Waals surface area contributed by atoms with E-state index >= 15 is 0 Å². The summed E-state index contributed by atoms with van der Waals surface area (Å²) in [7, 11) is 1.88. The lowest BCUT2D eigenvalue weighted by molar-refractivity contribution is 0.0893. The van der Waals surface area contributed by atoms with Crippen molar-refractivity contribution >= 4 is 11.6 Å². The zero-order valence-corrected chi connectivity index (χ0v) is 11.7. The van der Waals surface area contributed by atoms with Crippen molar-refractivity contribution in [2.45, 2.75) is 20.8 Å². The molecule has 5 nitrogen and oxygen atoms in total. The Morgan fingerprint density at radius 3 is 2.89 bits per heavy atom. The van der Waals surface area contributed by atoms with Gasteiger partial charge < -0.3 is 15.0 Å². The molecule has 1 aliphatic heterocycles. The predicted molar refractivity (Wildman–Crippen MR) is 73.1 cm³/mol. The third-order valence-electron chi connectivity index (χ3n) is 3.02. The molecule has 0 saturated carbocycles. The van der Waals surface area contributed by atoms with Crippen LogP contribution < -0.4 is 10.2 Å². The van der Waals surface area contributed by atoms with Crippen molar-refractivity contribution < 1.29 is 4.74 Å². The molecule has 0 aliphatic carbocycles. The van der Waals surface area contributed by atoms with Gasteiger partial charge in [-0.15, -0.1) is 0 Å². The van der Waals surface area contributed by atoms with Crippen LogP contribution in [0.25, 0.3) is 0 Å². The molecule has 0 unspecified atom stereocenters. The van der Waals surface area contributed by atoms with Crippen LogP contribution in [0.1, 0.15) is 19.7 Å². The summed E-state index contributed by atoms with van der Waals surface area (Å²) in [5.41, 5.74) is 0.148. The number of hydrogen-bond acceptors (Lipinski definition) is 5. The highest BCUT2D eigenvalue weighted by Gasteiger charge is 2.26. The molecule has 1 aliphatic rings. The Labute approximate surface area is 109 Å². The van der Waals surface area contributed by atoms with Gasteiger partial charge in [0.2, 0.25) is 0 Å². The van der Waals surface area contributed by atoms with E-state index in [4.69, 9.17) is 4.74 Å². The lowest BCUT2D eigenvalue weighted by Crippen LogP contribution is -2.35. The summed E-state index contributed by atoms with van der Waals surface area (Å²) < 4.78 is 5.65.